The van der Waals surface area contributed by atoms with Crippen molar-refractivity contribution in [3.8, 4) is 39.1 Å². The number of anilines is 6. The highest BCUT2D eigenvalue weighted by molar-refractivity contribution is 6.19. The number of nitrogens with zero attached hydrogens (tertiary/aromatic N) is 3. The highest BCUT2D eigenvalue weighted by Gasteiger charge is 2.22. The van der Waals surface area contributed by atoms with Gasteiger partial charge in [0, 0.05) is 56.0 Å². The molecule has 1 heterocycles. The fraction of sp³-hybridized carbons (Fsp3) is 0.0145. The van der Waals surface area contributed by atoms with Crippen LogP contribution in [0.1, 0.15) is 11.1 Å². The summed E-state index contributed by atoms with van der Waals surface area (Å²) in [5, 5.41) is 7.38. The van der Waals surface area contributed by atoms with E-state index in [2.05, 4.69) is 287 Å². The minimum atomic E-state index is 0.944. The van der Waals surface area contributed by atoms with Crippen molar-refractivity contribution in [2.45, 2.75) is 6.42 Å². The summed E-state index contributed by atoms with van der Waals surface area (Å²) in [5.41, 5.74) is 20.4. The SMILES string of the molecule is c1ccc(-c2ccc(N(c3ccc(-c4ccc(N(c5ccccc5)c5ccc6c(c5)c5ccc7ccccc7c5n6-c5ccc6ccccc6c5)cc4)cc3)c3ccc4c(c3)Cc3ccccc3-4)cc2)cc1. The van der Waals surface area contributed by atoms with Crippen molar-refractivity contribution in [2.24, 2.45) is 0 Å². The number of benzene rings is 12. The molecule has 3 nitrogen and oxygen atoms in total. The third kappa shape index (κ3) is 7.13. The third-order valence-corrected chi connectivity index (χ3v) is 14.8. The van der Waals surface area contributed by atoms with Gasteiger partial charge in [-0.05, 0) is 158 Å². The van der Waals surface area contributed by atoms with Gasteiger partial charge in [-0.15, -0.1) is 0 Å². The smallest absolute Gasteiger partial charge is 0.0619 e. The Morgan fingerprint density at radius 2 is 0.778 bits per heavy atom. The lowest BCUT2D eigenvalue weighted by Gasteiger charge is -2.27. The van der Waals surface area contributed by atoms with Gasteiger partial charge in [-0.1, -0.05) is 182 Å². The Kier molecular flexibility index (Phi) is 9.92. The lowest BCUT2D eigenvalue weighted by molar-refractivity contribution is 1.19. The molecule has 0 radical (unpaired) electrons. The van der Waals surface area contributed by atoms with E-state index in [1.807, 2.05) is 0 Å². The van der Waals surface area contributed by atoms with Crippen LogP contribution in [-0.4, -0.2) is 4.57 Å². The van der Waals surface area contributed by atoms with Crippen molar-refractivity contribution in [3.63, 3.8) is 0 Å². The number of para-hydroxylation sites is 1. The summed E-state index contributed by atoms with van der Waals surface area (Å²) in [6.07, 6.45) is 0.944. The van der Waals surface area contributed by atoms with Crippen molar-refractivity contribution < 1.29 is 0 Å². The van der Waals surface area contributed by atoms with Crippen molar-refractivity contribution in [1.82, 2.24) is 4.57 Å². The van der Waals surface area contributed by atoms with Crippen molar-refractivity contribution in [2.75, 3.05) is 9.80 Å². The summed E-state index contributed by atoms with van der Waals surface area (Å²) in [6, 6.07) is 99.9. The number of fused-ring (bicyclic) bond motifs is 9. The van der Waals surface area contributed by atoms with Crippen LogP contribution in [0.15, 0.2) is 273 Å². The predicted octanol–water partition coefficient (Wildman–Crippen LogP) is 18.9. The average molecular weight is 918 g/mol. The Labute approximate surface area is 419 Å². The van der Waals surface area contributed by atoms with Crippen LogP contribution in [0.25, 0.3) is 82.4 Å². The monoisotopic (exact) mass is 917 g/mol. The summed E-state index contributed by atoms with van der Waals surface area (Å²) in [7, 11) is 0. The van der Waals surface area contributed by atoms with Crippen LogP contribution in [0.4, 0.5) is 34.1 Å². The molecule has 72 heavy (non-hydrogen) atoms. The summed E-state index contributed by atoms with van der Waals surface area (Å²) in [6.45, 7) is 0. The zero-order chi connectivity index (χ0) is 47.5. The Morgan fingerprint density at radius 1 is 0.278 bits per heavy atom. The molecule has 0 aliphatic heterocycles. The molecule has 0 N–H and O–H groups in total. The summed E-state index contributed by atoms with van der Waals surface area (Å²) in [4.78, 5) is 4.77. The molecule has 12 aromatic carbocycles. The predicted molar refractivity (Wildman–Crippen MR) is 304 cm³/mol. The molecule has 1 aliphatic carbocycles. The molecular weight excluding hydrogens is 871 g/mol. The molecule has 1 aromatic heterocycles. The second-order valence-electron chi connectivity index (χ2n) is 18.9. The molecule has 0 saturated carbocycles. The highest BCUT2D eigenvalue weighted by Crippen LogP contribution is 2.45. The first-order valence-electron chi connectivity index (χ1n) is 24.9. The molecule has 0 atom stereocenters. The van der Waals surface area contributed by atoms with Crippen LogP contribution in [0.5, 0.6) is 0 Å². The quantitative estimate of drug-likeness (QED) is 0.143. The second-order valence-corrected chi connectivity index (χ2v) is 18.9. The maximum absolute atomic E-state index is 2.46. The van der Waals surface area contributed by atoms with Gasteiger partial charge >= 0.3 is 0 Å². The molecule has 14 rings (SSSR count). The van der Waals surface area contributed by atoms with Gasteiger partial charge in [0.2, 0.25) is 0 Å². The molecule has 0 saturated heterocycles. The molecule has 0 amide bonds. The molecule has 3 heteroatoms. The van der Waals surface area contributed by atoms with Gasteiger partial charge in [0.25, 0.3) is 0 Å². The molecule has 0 spiro atoms. The number of rotatable bonds is 9. The minimum absolute atomic E-state index is 0.944. The first-order valence-corrected chi connectivity index (χ1v) is 24.9. The lowest BCUT2D eigenvalue weighted by Crippen LogP contribution is -2.10. The van der Waals surface area contributed by atoms with E-state index in [1.165, 1.54) is 76.7 Å². The Hall–Kier alpha value is -9.44. The summed E-state index contributed by atoms with van der Waals surface area (Å²) >= 11 is 0. The van der Waals surface area contributed by atoms with Gasteiger partial charge < -0.3 is 14.4 Å². The maximum Gasteiger partial charge on any atom is 0.0619 e. The van der Waals surface area contributed by atoms with E-state index >= 15 is 0 Å². The van der Waals surface area contributed by atoms with Crippen molar-refractivity contribution in [1.29, 1.82) is 0 Å². The molecule has 0 bridgehead atoms. The fourth-order valence-corrected chi connectivity index (χ4v) is 11.3. The van der Waals surface area contributed by atoms with E-state index in [1.54, 1.807) is 0 Å². The first-order chi connectivity index (χ1) is 35.7. The van der Waals surface area contributed by atoms with E-state index in [-0.39, 0.29) is 0 Å². The standard InChI is InChI=1S/C69H47N3/c1-3-13-47(14-4-1)49-23-31-58(32-24-49)71(60-38-41-64-55(45-60)43-54-18-10-11-21-63(54)64)59-35-27-51(28-36-59)50-25-33-57(34-26-50)70(56-19-5-2-6-20-56)62-39-42-68-67(46-62)66-40-30-52-16-9-12-22-65(52)69(66)72(68)61-37-29-48-15-7-8-17-53(48)44-61/h1-42,44-46H,43H2. The fourth-order valence-electron chi connectivity index (χ4n) is 11.3. The van der Waals surface area contributed by atoms with Crippen LogP contribution >= 0.6 is 0 Å². The summed E-state index contributed by atoms with van der Waals surface area (Å²) < 4.78 is 2.46. The Balaban J connectivity index is 0.827. The summed E-state index contributed by atoms with van der Waals surface area (Å²) in [5.74, 6) is 0. The van der Waals surface area contributed by atoms with Crippen LogP contribution in [0.2, 0.25) is 0 Å². The maximum atomic E-state index is 2.46. The Morgan fingerprint density at radius 3 is 1.47 bits per heavy atom. The van der Waals surface area contributed by atoms with E-state index < -0.39 is 0 Å². The zero-order valence-corrected chi connectivity index (χ0v) is 39.5. The van der Waals surface area contributed by atoms with Crippen molar-refractivity contribution in [3.05, 3.63) is 284 Å². The number of aromatic nitrogens is 1. The minimum Gasteiger partial charge on any atom is -0.310 e. The van der Waals surface area contributed by atoms with Crippen LogP contribution < -0.4 is 9.80 Å². The molecule has 0 unspecified atom stereocenters. The van der Waals surface area contributed by atoms with E-state index in [9.17, 15) is 0 Å². The molecule has 13 aromatic rings. The van der Waals surface area contributed by atoms with Gasteiger partial charge in [-0.3, -0.25) is 0 Å². The average Bonchev–Trinajstić information content (AvgIpc) is 4.00. The van der Waals surface area contributed by atoms with Crippen LogP contribution in [-0.2, 0) is 6.42 Å². The second kappa shape index (κ2) is 17.2. The third-order valence-electron chi connectivity index (χ3n) is 14.8. The van der Waals surface area contributed by atoms with E-state index in [0.29, 0.717) is 0 Å². The molecule has 338 valence electrons. The van der Waals surface area contributed by atoms with Crippen molar-refractivity contribution >= 4 is 77.5 Å². The Bertz CT molecular complexity index is 4160. The first kappa shape index (κ1) is 41.5. The van der Waals surface area contributed by atoms with Crippen LogP contribution in [0, 0.1) is 0 Å². The van der Waals surface area contributed by atoms with E-state index in [4.69, 9.17) is 0 Å². The number of hydrogen-bond donors (Lipinski definition) is 0. The van der Waals surface area contributed by atoms with Gasteiger partial charge in [-0.25, -0.2) is 0 Å². The van der Waals surface area contributed by atoms with Gasteiger partial charge in [0.1, 0.15) is 0 Å². The van der Waals surface area contributed by atoms with Gasteiger partial charge in [0.05, 0.1) is 11.0 Å². The normalized spacial score (nSPS) is 11.8. The van der Waals surface area contributed by atoms with E-state index in [0.717, 1.165) is 57.4 Å². The molecule has 0 fully saturated rings. The highest BCUT2D eigenvalue weighted by atomic mass is 15.1. The zero-order valence-electron chi connectivity index (χ0n) is 39.5. The number of hydrogen-bond acceptors (Lipinski definition) is 2. The molecular formula is C69H47N3. The van der Waals surface area contributed by atoms with Crippen LogP contribution in [0.3, 0.4) is 0 Å². The van der Waals surface area contributed by atoms with Gasteiger partial charge in [0.15, 0.2) is 0 Å². The van der Waals surface area contributed by atoms with Gasteiger partial charge in [-0.2, -0.15) is 0 Å². The largest absolute Gasteiger partial charge is 0.310 e. The topological polar surface area (TPSA) is 11.4 Å². The molecule has 1 aliphatic rings. The lowest BCUT2D eigenvalue weighted by atomic mass is 10.0.